The van der Waals surface area contributed by atoms with E-state index in [0.717, 1.165) is 24.3 Å². The first-order valence-corrected chi connectivity index (χ1v) is 8.30. The van der Waals surface area contributed by atoms with Crippen LogP contribution in [0.25, 0.3) is 0 Å². The Labute approximate surface area is 141 Å². The molecule has 10 heteroatoms. The van der Waals surface area contributed by atoms with Crippen LogP contribution in [0.3, 0.4) is 0 Å². The van der Waals surface area contributed by atoms with Gasteiger partial charge in [-0.25, -0.2) is 8.42 Å². The Kier molecular flexibility index (Phi) is 5.21. The fourth-order valence-corrected chi connectivity index (χ4v) is 3.01. The number of para-hydroxylation sites is 1. The number of benzene rings is 2. The summed E-state index contributed by atoms with van der Waals surface area (Å²) in [7, 11) is -2.71. The first-order valence-electron chi connectivity index (χ1n) is 6.82. The molecular formula is C15H13F3N2O4S. The molecule has 0 spiro atoms. The van der Waals surface area contributed by atoms with E-state index in [2.05, 4.69) is 14.8 Å². The molecule has 0 aromatic heterocycles. The van der Waals surface area contributed by atoms with Crippen molar-refractivity contribution in [3.05, 3.63) is 54.1 Å². The summed E-state index contributed by atoms with van der Waals surface area (Å²) in [6, 6.07) is 9.60. The molecule has 2 aromatic rings. The van der Waals surface area contributed by atoms with Crippen molar-refractivity contribution in [1.29, 1.82) is 0 Å². The highest BCUT2D eigenvalue weighted by Gasteiger charge is 2.31. The van der Waals surface area contributed by atoms with Crippen molar-refractivity contribution in [3.63, 3.8) is 0 Å². The molecule has 0 fully saturated rings. The Hall–Kier alpha value is -2.75. The molecule has 2 rings (SSSR count). The van der Waals surface area contributed by atoms with Crippen LogP contribution in [0, 0.1) is 0 Å². The lowest BCUT2D eigenvalue weighted by atomic mass is 10.2. The van der Waals surface area contributed by atoms with Gasteiger partial charge >= 0.3 is 6.36 Å². The standard InChI is InChI=1S/C15H13F3N2O4S/c1-19-14(21)12-4-2-3-5-13(12)20-25(22,23)11-8-6-10(7-9-11)24-15(16,17)18/h2-9,20H,1H3,(H,19,21). The van der Waals surface area contributed by atoms with Crippen LogP contribution in [0.2, 0.25) is 0 Å². The zero-order valence-corrected chi connectivity index (χ0v) is 13.6. The van der Waals surface area contributed by atoms with Crippen molar-refractivity contribution in [2.75, 3.05) is 11.8 Å². The Balaban J connectivity index is 2.27. The number of nitrogens with one attached hydrogen (secondary N) is 2. The normalized spacial score (nSPS) is 11.7. The molecule has 0 bridgehead atoms. The maximum absolute atomic E-state index is 12.4. The van der Waals surface area contributed by atoms with Crippen LogP contribution in [0.4, 0.5) is 18.9 Å². The quantitative estimate of drug-likeness (QED) is 0.843. The van der Waals surface area contributed by atoms with Gasteiger partial charge in [0, 0.05) is 7.05 Å². The Bertz CT molecular complexity index is 865. The van der Waals surface area contributed by atoms with Crippen molar-refractivity contribution in [2.45, 2.75) is 11.3 Å². The summed E-state index contributed by atoms with van der Waals surface area (Å²) in [6.07, 6.45) is -4.87. The maximum Gasteiger partial charge on any atom is 0.573 e. The highest BCUT2D eigenvalue weighted by Crippen LogP contribution is 2.25. The van der Waals surface area contributed by atoms with Gasteiger partial charge in [0.05, 0.1) is 16.1 Å². The first-order chi connectivity index (χ1) is 11.6. The number of rotatable bonds is 5. The molecule has 0 aliphatic heterocycles. The summed E-state index contributed by atoms with van der Waals surface area (Å²) in [6.45, 7) is 0. The third kappa shape index (κ3) is 4.86. The molecule has 25 heavy (non-hydrogen) atoms. The van der Waals surface area contributed by atoms with Crippen LogP contribution < -0.4 is 14.8 Å². The van der Waals surface area contributed by atoms with Gasteiger partial charge < -0.3 is 10.1 Å². The summed E-state index contributed by atoms with van der Waals surface area (Å²) in [5.74, 6) is -1.04. The van der Waals surface area contributed by atoms with Crippen molar-refractivity contribution in [3.8, 4) is 5.75 Å². The van der Waals surface area contributed by atoms with Gasteiger partial charge in [-0.1, -0.05) is 12.1 Å². The van der Waals surface area contributed by atoms with E-state index in [9.17, 15) is 26.4 Å². The highest BCUT2D eigenvalue weighted by molar-refractivity contribution is 7.92. The van der Waals surface area contributed by atoms with Crippen molar-refractivity contribution in [1.82, 2.24) is 5.32 Å². The number of hydrogen-bond acceptors (Lipinski definition) is 4. The molecule has 0 radical (unpaired) electrons. The number of anilines is 1. The number of carbonyl (C=O) groups is 1. The predicted octanol–water partition coefficient (Wildman–Crippen LogP) is 2.75. The van der Waals surface area contributed by atoms with Gasteiger partial charge in [-0.2, -0.15) is 0 Å². The topological polar surface area (TPSA) is 84.5 Å². The Morgan fingerprint density at radius 2 is 1.64 bits per heavy atom. The van der Waals surface area contributed by atoms with E-state index >= 15 is 0 Å². The van der Waals surface area contributed by atoms with E-state index in [1.165, 1.54) is 25.2 Å². The fourth-order valence-electron chi connectivity index (χ4n) is 1.93. The van der Waals surface area contributed by atoms with Crippen LogP contribution in [0.1, 0.15) is 10.4 Å². The second kappa shape index (κ2) is 7.01. The lowest BCUT2D eigenvalue weighted by molar-refractivity contribution is -0.274. The molecule has 0 heterocycles. The van der Waals surface area contributed by atoms with E-state index in [4.69, 9.17) is 0 Å². The van der Waals surface area contributed by atoms with E-state index < -0.39 is 28.0 Å². The highest BCUT2D eigenvalue weighted by atomic mass is 32.2. The van der Waals surface area contributed by atoms with Crippen LogP contribution in [-0.4, -0.2) is 27.7 Å². The van der Waals surface area contributed by atoms with Crippen LogP contribution in [-0.2, 0) is 10.0 Å². The summed E-state index contributed by atoms with van der Waals surface area (Å²) in [5.41, 5.74) is 0.142. The second-order valence-electron chi connectivity index (χ2n) is 4.75. The summed E-state index contributed by atoms with van der Waals surface area (Å²) < 4.78 is 67.0. The lowest BCUT2D eigenvalue weighted by Gasteiger charge is -2.13. The van der Waals surface area contributed by atoms with Gasteiger partial charge in [0.1, 0.15) is 5.75 Å². The molecule has 0 atom stereocenters. The maximum atomic E-state index is 12.4. The summed E-state index contributed by atoms with van der Waals surface area (Å²) >= 11 is 0. The van der Waals surface area contributed by atoms with Gasteiger partial charge in [0.2, 0.25) is 0 Å². The number of sulfonamides is 1. The third-order valence-electron chi connectivity index (χ3n) is 3.01. The molecule has 6 nitrogen and oxygen atoms in total. The van der Waals surface area contributed by atoms with Crippen molar-refractivity contribution >= 4 is 21.6 Å². The molecule has 0 saturated carbocycles. The van der Waals surface area contributed by atoms with E-state index in [1.807, 2.05) is 0 Å². The van der Waals surface area contributed by atoms with E-state index in [-0.39, 0.29) is 16.1 Å². The molecule has 0 aliphatic rings. The predicted molar refractivity (Wildman–Crippen MR) is 83.8 cm³/mol. The minimum atomic E-state index is -4.87. The molecule has 2 aromatic carbocycles. The van der Waals surface area contributed by atoms with Crippen molar-refractivity contribution < 1.29 is 31.1 Å². The van der Waals surface area contributed by atoms with Gasteiger partial charge in [0.15, 0.2) is 0 Å². The Morgan fingerprint density at radius 3 is 2.20 bits per heavy atom. The molecule has 2 N–H and O–H groups in total. The van der Waals surface area contributed by atoms with Crippen LogP contribution in [0.5, 0.6) is 5.75 Å². The monoisotopic (exact) mass is 374 g/mol. The average molecular weight is 374 g/mol. The second-order valence-corrected chi connectivity index (χ2v) is 6.43. The summed E-state index contributed by atoms with van der Waals surface area (Å²) in [5, 5.41) is 2.38. The molecule has 0 aliphatic carbocycles. The zero-order chi connectivity index (χ0) is 18.7. The number of carbonyl (C=O) groups excluding carboxylic acids is 1. The zero-order valence-electron chi connectivity index (χ0n) is 12.8. The van der Waals surface area contributed by atoms with Gasteiger partial charge in [-0.15, -0.1) is 13.2 Å². The fraction of sp³-hybridized carbons (Fsp3) is 0.133. The average Bonchev–Trinajstić information content (AvgIpc) is 2.53. The number of halogens is 3. The molecule has 0 unspecified atom stereocenters. The third-order valence-corrected chi connectivity index (χ3v) is 4.39. The number of hydrogen-bond donors (Lipinski definition) is 2. The number of ether oxygens (including phenoxy) is 1. The van der Waals surface area contributed by atoms with E-state index in [1.54, 1.807) is 6.07 Å². The molecular weight excluding hydrogens is 361 g/mol. The van der Waals surface area contributed by atoms with Gasteiger partial charge in [-0.05, 0) is 36.4 Å². The first kappa shape index (κ1) is 18.6. The van der Waals surface area contributed by atoms with Gasteiger partial charge in [-0.3, -0.25) is 9.52 Å². The molecule has 134 valence electrons. The summed E-state index contributed by atoms with van der Waals surface area (Å²) in [4.78, 5) is 11.5. The van der Waals surface area contributed by atoms with Crippen molar-refractivity contribution in [2.24, 2.45) is 0 Å². The number of amides is 1. The van der Waals surface area contributed by atoms with Crippen LogP contribution in [0.15, 0.2) is 53.4 Å². The smallest absolute Gasteiger partial charge is 0.406 e. The minimum absolute atomic E-state index is 0.0393. The largest absolute Gasteiger partial charge is 0.573 e. The van der Waals surface area contributed by atoms with Crippen LogP contribution >= 0.6 is 0 Å². The SMILES string of the molecule is CNC(=O)c1ccccc1NS(=O)(=O)c1ccc(OC(F)(F)F)cc1. The lowest BCUT2D eigenvalue weighted by Crippen LogP contribution is -2.21. The Morgan fingerprint density at radius 1 is 1.04 bits per heavy atom. The van der Waals surface area contributed by atoms with E-state index in [0.29, 0.717) is 0 Å². The number of alkyl halides is 3. The van der Waals surface area contributed by atoms with Gasteiger partial charge in [0.25, 0.3) is 15.9 Å². The molecule has 0 saturated heterocycles. The minimum Gasteiger partial charge on any atom is -0.406 e. The molecule has 1 amide bonds.